The quantitative estimate of drug-likeness (QED) is 0.455. The van der Waals surface area contributed by atoms with Crippen molar-refractivity contribution in [3.05, 3.63) is 78.5 Å². The number of benzene rings is 2. The van der Waals surface area contributed by atoms with Crippen LogP contribution in [0.1, 0.15) is 5.82 Å². The number of hydrogen-bond donors (Lipinski definition) is 0. The Kier molecular flexibility index (Phi) is 4.02. The highest BCUT2D eigenvalue weighted by atomic mass is 19.4. The standard InChI is InChI=1S/C19H11F4N3O/c20-14-4-8-16(9-5-14)27-15-6-1-12(2-7-15)13-3-10-17-24-25-18(19(21,22)23)26(17)11-13/h1-11H. The zero-order valence-electron chi connectivity index (χ0n) is 13.6. The topological polar surface area (TPSA) is 39.4 Å². The van der Waals surface area contributed by atoms with Gasteiger partial charge in [0, 0.05) is 6.20 Å². The van der Waals surface area contributed by atoms with Crippen LogP contribution in [-0.4, -0.2) is 14.6 Å². The summed E-state index contributed by atoms with van der Waals surface area (Å²) < 4.78 is 58.5. The molecule has 0 aliphatic rings. The minimum Gasteiger partial charge on any atom is -0.457 e. The summed E-state index contributed by atoms with van der Waals surface area (Å²) in [5.74, 6) is -0.437. The van der Waals surface area contributed by atoms with Gasteiger partial charge in [-0.1, -0.05) is 12.1 Å². The fourth-order valence-corrected chi connectivity index (χ4v) is 2.61. The van der Waals surface area contributed by atoms with E-state index in [1.807, 2.05) is 0 Å². The van der Waals surface area contributed by atoms with Crippen LogP contribution < -0.4 is 4.74 Å². The molecule has 136 valence electrons. The van der Waals surface area contributed by atoms with Gasteiger partial charge in [0.15, 0.2) is 5.65 Å². The van der Waals surface area contributed by atoms with Crippen LogP contribution in [0.3, 0.4) is 0 Å². The fraction of sp³-hybridized carbons (Fsp3) is 0.0526. The molecule has 0 spiro atoms. The number of ether oxygens (including phenoxy) is 1. The zero-order chi connectivity index (χ0) is 19.0. The third-order valence-corrected chi connectivity index (χ3v) is 3.89. The van der Waals surface area contributed by atoms with Crippen molar-refractivity contribution in [3.63, 3.8) is 0 Å². The van der Waals surface area contributed by atoms with Crippen LogP contribution in [0.2, 0.25) is 0 Å². The number of pyridine rings is 1. The molecule has 4 aromatic rings. The van der Waals surface area contributed by atoms with Crippen molar-refractivity contribution < 1.29 is 22.3 Å². The minimum absolute atomic E-state index is 0.113. The highest BCUT2D eigenvalue weighted by Gasteiger charge is 2.36. The second-order valence-corrected chi connectivity index (χ2v) is 5.75. The minimum atomic E-state index is -4.59. The van der Waals surface area contributed by atoms with Gasteiger partial charge < -0.3 is 4.74 Å². The Balaban J connectivity index is 1.62. The van der Waals surface area contributed by atoms with E-state index in [-0.39, 0.29) is 11.5 Å². The molecule has 0 atom stereocenters. The van der Waals surface area contributed by atoms with E-state index in [0.29, 0.717) is 22.6 Å². The highest BCUT2D eigenvalue weighted by molar-refractivity contribution is 5.65. The van der Waals surface area contributed by atoms with Crippen molar-refractivity contribution in [2.75, 3.05) is 0 Å². The molecule has 2 aromatic carbocycles. The number of aromatic nitrogens is 3. The molecule has 0 fully saturated rings. The lowest BCUT2D eigenvalue weighted by Gasteiger charge is -2.08. The smallest absolute Gasteiger partial charge is 0.452 e. The maximum absolute atomic E-state index is 13.0. The summed E-state index contributed by atoms with van der Waals surface area (Å²) in [7, 11) is 0. The number of alkyl halides is 3. The first-order valence-corrected chi connectivity index (χ1v) is 7.86. The van der Waals surface area contributed by atoms with Crippen molar-refractivity contribution >= 4 is 5.65 Å². The molecule has 2 heterocycles. The van der Waals surface area contributed by atoms with E-state index in [1.54, 1.807) is 30.3 Å². The van der Waals surface area contributed by atoms with Crippen LogP contribution in [0.15, 0.2) is 66.9 Å². The molecule has 0 radical (unpaired) electrons. The lowest BCUT2D eigenvalue weighted by molar-refractivity contribution is -0.145. The molecule has 8 heteroatoms. The number of fused-ring (bicyclic) bond motifs is 1. The number of rotatable bonds is 3. The van der Waals surface area contributed by atoms with E-state index < -0.39 is 12.0 Å². The molecule has 0 saturated carbocycles. The van der Waals surface area contributed by atoms with E-state index >= 15 is 0 Å². The number of hydrogen-bond acceptors (Lipinski definition) is 3. The Bertz CT molecular complexity index is 1090. The Hall–Kier alpha value is -3.42. The maximum atomic E-state index is 13.0. The van der Waals surface area contributed by atoms with E-state index in [1.165, 1.54) is 36.5 Å². The molecule has 4 rings (SSSR count). The average Bonchev–Trinajstić information content (AvgIpc) is 3.08. The normalized spacial score (nSPS) is 11.7. The summed E-state index contributed by atoms with van der Waals surface area (Å²) >= 11 is 0. The molecule has 0 bridgehead atoms. The van der Waals surface area contributed by atoms with Crippen LogP contribution in [-0.2, 0) is 6.18 Å². The van der Waals surface area contributed by atoms with E-state index in [4.69, 9.17) is 4.74 Å². The first kappa shape index (κ1) is 17.0. The lowest BCUT2D eigenvalue weighted by Crippen LogP contribution is -2.10. The fourth-order valence-electron chi connectivity index (χ4n) is 2.61. The molecule has 27 heavy (non-hydrogen) atoms. The lowest BCUT2D eigenvalue weighted by atomic mass is 10.1. The molecule has 0 aliphatic heterocycles. The van der Waals surface area contributed by atoms with E-state index in [0.717, 1.165) is 4.40 Å². The molecule has 0 amide bonds. The molecule has 4 nitrogen and oxygen atoms in total. The predicted molar refractivity (Wildman–Crippen MR) is 89.9 cm³/mol. The Morgan fingerprint density at radius 2 is 1.33 bits per heavy atom. The van der Waals surface area contributed by atoms with Crippen molar-refractivity contribution in [2.24, 2.45) is 0 Å². The van der Waals surface area contributed by atoms with Crippen molar-refractivity contribution in [3.8, 4) is 22.6 Å². The predicted octanol–water partition coefficient (Wildman–Crippen LogP) is 5.35. The summed E-state index contributed by atoms with van der Waals surface area (Å²) in [5.41, 5.74) is 1.38. The number of nitrogens with zero attached hydrogens (tertiary/aromatic N) is 3. The van der Waals surface area contributed by atoms with Crippen molar-refractivity contribution in [2.45, 2.75) is 6.18 Å². The molecule has 0 N–H and O–H groups in total. The maximum Gasteiger partial charge on any atom is 0.452 e. The second kappa shape index (κ2) is 6.39. The summed E-state index contributed by atoms with van der Waals surface area (Å²) in [6.45, 7) is 0. The van der Waals surface area contributed by atoms with Gasteiger partial charge in [-0.25, -0.2) is 4.39 Å². The van der Waals surface area contributed by atoms with Gasteiger partial charge >= 0.3 is 6.18 Å². The Labute approximate surface area is 150 Å². The van der Waals surface area contributed by atoms with E-state index in [9.17, 15) is 17.6 Å². The molecule has 0 saturated heterocycles. The SMILES string of the molecule is Fc1ccc(Oc2ccc(-c3ccc4nnc(C(F)(F)F)n4c3)cc2)cc1. The van der Waals surface area contributed by atoms with Crippen LogP contribution >= 0.6 is 0 Å². The second-order valence-electron chi connectivity index (χ2n) is 5.75. The summed E-state index contributed by atoms with van der Waals surface area (Å²) in [6, 6.07) is 15.5. The molecular weight excluding hydrogens is 362 g/mol. The van der Waals surface area contributed by atoms with Crippen LogP contribution in [0.4, 0.5) is 17.6 Å². The molecule has 0 aliphatic carbocycles. The van der Waals surface area contributed by atoms with Crippen LogP contribution in [0.25, 0.3) is 16.8 Å². The Morgan fingerprint density at radius 3 is 1.96 bits per heavy atom. The van der Waals surface area contributed by atoms with Crippen molar-refractivity contribution in [1.29, 1.82) is 0 Å². The number of halogens is 4. The molecular formula is C19H11F4N3O. The summed E-state index contributed by atoms with van der Waals surface area (Å²) in [5, 5.41) is 6.74. The van der Waals surface area contributed by atoms with Gasteiger partial charge in [0.1, 0.15) is 17.3 Å². The third kappa shape index (κ3) is 3.46. The first-order valence-electron chi connectivity index (χ1n) is 7.86. The third-order valence-electron chi connectivity index (χ3n) is 3.89. The van der Waals surface area contributed by atoms with Crippen molar-refractivity contribution in [1.82, 2.24) is 14.6 Å². The monoisotopic (exact) mass is 373 g/mol. The molecule has 0 unspecified atom stereocenters. The summed E-state index contributed by atoms with van der Waals surface area (Å²) in [4.78, 5) is 0. The van der Waals surface area contributed by atoms with Gasteiger partial charge in [0.2, 0.25) is 5.82 Å². The van der Waals surface area contributed by atoms with Gasteiger partial charge in [-0.15, -0.1) is 10.2 Å². The molecule has 2 aromatic heterocycles. The largest absolute Gasteiger partial charge is 0.457 e. The highest BCUT2D eigenvalue weighted by Crippen LogP contribution is 2.30. The van der Waals surface area contributed by atoms with Crippen LogP contribution in [0, 0.1) is 5.82 Å². The van der Waals surface area contributed by atoms with Gasteiger partial charge in [-0.3, -0.25) is 4.40 Å². The van der Waals surface area contributed by atoms with E-state index in [2.05, 4.69) is 10.2 Å². The van der Waals surface area contributed by atoms with Gasteiger partial charge in [-0.05, 0) is 59.7 Å². The average molecular weight is 373 g/mol. The van der Waals surface area contributed by atoms with Crippen LogP contribution in [0.5, 0.6) is 11.5 Å². The van der Waals surface area contributed by atoms with Gasteiger partial charge in [0.25, 0.3) is 0 Å². The Morgan fingerprint density at radius 1 is 0.741 bits per heavy atom. The summed E-state index contributed by atoms with van der Waals surface area (Å²) in [6.07, 6.45) is -3.25. The first-order chi connectivity index (χ1) is 12.9. The van der Waals surface area contributed by atoms with Gasteiger partial charge in [-0.2, -0.15) is 13.2 Å². The zero-order valence-corrected chi connectivity index (χ0v) is 13.6. The van der Waals surface area contributed by atoms with Gasteiger partial charge in [0.05, 0.1) is 0 Å².